The molecule has 0 spiro atoms. The quantitative estimate of drug-likeness (QED) is 0.919. The fourth-order valence-corrected chi connectivity index (χ4v) is 3.41. The van der Waals surface area contributed by atoms with Crippen LogP contribution in [0.25, 0.3) is 0 Å². The van der Waals surface area contributed by atoms with E-state index < -0.39 is 0 Å². The Morgan fingerprint density at radius 2 is 2.11 bits per heavy atom. The highest BCUT2D eigenvalue weighted by atomic mass is 32.1. The Balaban J connectivity index is 1.69. The van der Waals surface area contributed by atoms with Crippen LogP contribution in [0.1, 0.15) is 42.0 Å². The van der Waals surface area contributed by atoms with Crippen molar-refractivity contribution >= 4 is 11.3 Å². The summed E-state index contributed by atoms with van der Waals surface area (Å²) in [4.78, 5) is 4.41. The van der Waals surface area contributed by atoms with Gasteiger partial charge in [0.05, 0.1) is 5.54 Å². The van der Waals surface area contributed by atoms with Crippen LogP contribution in [-0.4, -0.2) is 4.98 Å². The van der Waals surface area contributed by atoms with Crippen LogP contribution >= 0.6 is 11.3 Å². The highest BCUT2D eigenvalue weighted by molar-refractivity contribution is 7.09. The maximum atomic E-state index is 4.41. The average Bonchev–Trinajstić information content (AvgIpc) is 3.07. The molecule has 0 atom stereocenters. The summed E-state index contributed by atoms with van der Waals surface area (Å²) >= 11 is 1.71. The molecule has 2 aromatic rings. The maximum absolute atomic E-state index is 4.41. The van der Waals surface area contributed by atoms with Gasteiger partial charge in [-0.15, -0.1) is 11.3 Å². The number of fused-ring (bicyclic) bond motifs is 1. The van der Waals surface area contributed by atoms with Crippen LogP contribution in [0.5, 0.6) is 0 Å². The van der Waals surface area contributed by atoms with Crippen LogP contribution in [0.3, 0.4) is 0 Å². The molecule has 0 fully saturated rings. The largest absolute Gasteiger partial charge is 0.302 e. The molecule has 0 radical (unpaired) electrons. The zero-order chi connectivity index (χ0) is 13.3. The first-order valence-corrected chi connectivity index (χ1v) is 7.79. The standard InChI is InChI=1S/C16H20N2S/c1-16(2,15-17-8-9-19-15)18-11-12-6-7-13-4-3-5-14(13)10-12/h6-10,18H,3-5,11H2,1-2H3. The number of nitrogens with one attached hydrogen (secondary N) is 1. The lowest BCUT2D eigenvalue weighted by molar-refractivity contribution is 0.399. The van der Waals surface area contributed by atoms with Crippen molar-refractivity contribution in [1.29, 1.82) is 0 Å². The average molecular weight is 272 g/mol. The van der Waals surface area contributed by atoms with Crippen molar-refractivity contribution in [1.82, 2.24) is 10.3 Å². The number of hydrogen-bond acceptors (Lipinski definition) is 3. The Hall–Kier alpha value is -1.19. The van der Waals surface area contributed by atoms with Crippen LogP contribution in [0.15, 0.2) is 29.8 Å². The van der Waals surface area contributed by atoms with Crippen LogP contribution < -0.4 is 5.32 Å². The van der Waals surface area contributed by atoms with Gasteiger partial charge in [-0.05, 0) is 49.8 Å². The summed E-state index contributed by atoms with van der Waals surface area (Å²) in [5.74, 6) is 0. The van der Waals surface area contributed by atoms with E-state index in [1.165, 1.54) is 24.8 Å². The molecule has 1 aliphatic carbocycles. The summed E-state index contributed by atoms with van der Waals surface area (Å²) < 4.78 is 0. The molecule has 1 N–H and O–H groups in total. The summed E-state index contributed by atoms with van der Waals surface area (Å²) in [7, 11) is 0. The first-order chi connectivity index (χ1) is 9.15. The third-order valence-corrected chi connectivity index (χ3v) is 4.96. The summed E-state index contributed by atoms with van der Waals surface area (Å²) in [6, 6.07) is 6.93. The van der Waals surface area contributed by atoms with Gasteiger partial charge in [-0.2, -0.15) is 0 Å². The molecule has 0 bridgehead atoms. The van der Waals surface area contributed by atoms with Crippen molar-refractivity contribution < 1.29 is 0 Å². The van der Waals surface area contributed by atoms with Gasteiger partial charge < -0.3 is 5.32 Å². The molecule has 3 heteroatoms. The Kier molecular flexibility index (Phi) is 3.42. The number of benzene rings is 1. The molecule has 0 aliphatic heterocycles. The molecule has 0 saturated heterocycles. The van der Waals surface area contributed by atoms with Gasteiger partial charge in [0.15, 0.2) is 0 Å². The van der Waals surface area contributed by atoms with E-state index in [9.17, 15) is 0 Å². The summed E-state index contributed by atoms with van der Waals surface area (Å²) in [5.41, 5.74) is 4.41. The van der Waals surface area contributed by atoms with Gasteiger partial charge in [-0.3, -0.25) is 0 Å². The molecule has 2 nitrogen and oxygen atoms in total. The first-order valence-electron chi connectivity index (χ1n) is 6.91. The minimum atomic E-state index is -0.0623. The predicted octanol–water partition coefficient (Wildman–Crippen LogP) is 3.66. The van der Waals surface area contributed by atoms with E-state index in [-0.39, 0.29) is 5.54 Å². The SMILES string of the molecule is CC(C)(NCc1ccc2c(c1)CCC2)c1nccs1. The van der Waals surface area contributed by atoms with E-state index in [0.29, 0.717) is 0 Å². The Morgan fingerprint density at radius 1 is 1.26 bits per heavy atom. The smallest absolute Gasteiger partial charge is 0.112 e. The first kappa shape index (κ1) is 12.8. The van der Waals surface area contributed by atoms with E-state index in [1.54, 1.807) is 22.5 Å². The lowest BCUT2D eigenvalue weighted by Crippen LogP contribution is -2.35. The molecule has 0 saturated carbocycles. The van der Waals surface area contributed by atoms with Gasteiger partial charge in [0.1, 0.15) is 5.01 Å². The van der Waals surface area contributed by atoms with Crippen molar-refractivity contribution in [3.63, 3.8) is 0 Å². The number of nitrogens with zero attached hydrogens (tertiary/aromatic N) is 1. The highest BCUT2D eigenvalue weighted by Crippen LogP contribution is 2.25. The second-order valence-corrected chi connectivity index (χ2v) is 6.67. The molecule has 1 aromatic carbocycles. The second kappa shape index (κ2) is 5.06. The van der Waals surface area contributed by atoms with Crippen molar-refractivity contribution in [3.8, 4) is 0 Å². The molecule has 0 amide bonds. The fraction of sp³-hybridized carbons (Fsp3) is 0.438. The third-order valence-electron chi connectivity index (χ3n) is 3.86. The molecule has 3 rings (SSSR count). The lowest BCUT2D eigenvalue weighted by Gasteiger charge is -2.24. The molecule has 1 aromatic heterocycles. The molecule has 1 aliphatic rings. The van der Waals surface area contributed by atoms with E-state index >= 15 is 0 Å². The minimum Gasteiger partial charge on any atom is -0.302 e. The Labute approximate surface area is 118 Å². The molecular weight excluding hydrogens is 252 g/mol. The number of hydrogen-bond donors (Lipinski definition) is 1. The van der Waals surface area contributed by atoms with Gasteiger partial charge in [-0.25, -0.2) is 4.98 Å². The van der Waals surface area contributed by atoms with Gasteiger partial charge in [-0.1, -0.05) is 18.2 Å². The molecule has 19 heavy (non-hydrogen) atoms. The van der Waals surface area contributed by atoms with Gasteiger partial charge in [0.2, 0.25) is 0 Å². The summed E-state index contributed by atoms with van der Waals surface area (Å²) in [5, 5.41) is 6.80. The predicted molar refractivity (Wildman–Crippen MR) is 80.4 cm³/mol. The van der Waals surface area contributed by atoms with Crippen LogP contribution in [0, 0.1) is 0 Å². The molecule has 100 valence electrons. The topological polar surface area (TPSA) is 24.9 Å². The molecule has 0 unspecified atom stereocenters. The zero-order valence-electron chi connectivity index (χ0n) is 11.6. The second-order valence-electron chi connectivity index (χ2n) is 5.77. The summed E-state index contributed by atoms with van der Waals surface area (Å²) in [6.07, 6.45) is 5.70. The Bertz CT molecular complexity index is 558. The van der Waals surface area contributed by atoms with E-state index in [2.05, 4.69) is 42.3 Å². The van der Waals surface area contributed by atoms with Crippen molar-refractivity contribution in [2.24, 2.45) is 0 Å². The number of aryl methyl sites for hydroxylation is 2. The maximum Gasteiger partial charge on any atom is 0.112 e. The van der Waals surface area contributed by atoms with Crippen molar-refractivity contribution in [2.75, 3.05) is 0 Å². The van der Waals surface area contributed by atoms with Gasteiger partial charge >= 0.3 is 0 Å². The monoisotopic (exact) mass is 272 g/mol. The zero-order valence-corrected chi connectivity index (χ0v) is 12.4. The third kappa shape index (κ3) is 2.72. The van der Waals surface area contributed by atoms with Crippen molar-refractivity contribution in [2.45, 2.75) is 45.2 Å². The highest BCUT2D eigenvalue weighted by Gasteiger charge is 2.22. The Morgan fingerprint density at radius 3 is 2.89 bits per heavy atom. The number of rotatable bonds is 4. The van der Waals surface area contributed by atoms with Gasteiger partial charge in [0, 0.05) is 18.1 Å². The van der Waals surface area contributed by atoms with E-state index in [4.69, 9.17) is 0 Å². The number of thiazole rings is 1. The molecule has 1 heterocycles. The lowest BCUT2D eigenvalue weighted by atomic mass is 10.0. The van der Waals surface area contributed by atoms with Crippen molar-refractivity contribution in [3.05, 3.63) is 51.5 Å². The minimum absolute atomic E-state index is 0.0623. The molecular formula is C16H20N2S. The van der Waals surface area contributed by atoms with Crippen LogP contribution in [-0.2, 0) is 24.9 Å². The van der Waals surface area contributed by atoms with Gasteiger partial charge in [0.25, 0.3) is 0 Å². The fourth-order valence-electron chi connectivity index (χ4n) is 2.67. The summed E-state index contributed by atoms with van der Waals surface area (Å²) in [6.45, 7) is 5.29. The van der Waals surface area contributed by atoms with E-state index in [0.717, 1.165) is 11.6 Å². The van der Waals surface area contributed by atoms with Crippen LogP contribution in [0.4, 0.5) is 0 Å². The normalized spacial score (nSPS) is 14.6. The number of aromatic nitrogens is 1. The van der Waals surface area contributed by atoms with Crippen LogP contribution in [0.2, 0.25) is 0 Å². The van der Waals surface area contributed by atoms with E-state index in [1.807, 2.05) is 11.6 Å².